The van der Waals surface area contributed by atoms with Gasteiger partial charge in [-0.3, -0.25) is 0 Å². The third-order valence-corrected chi connectivity index (χ3v) is 4.00. The van der Waals surface area contributed by atoms with E-state index in [0.29, 0.717) is 17.5 Å². The van der Waals surface area contributed by atoms with Crippen LogP contribution in [0.3, 0.4) is 0 Å². The van der Waals surface area contributed by atoms with E-state index >= 15 is 0 Å². The van der Waals surface area contributed by atoms with Crippen LogP contribution in [0.4, 0.5) is 8.78 Å². The molecule has 1 atom stereocenters. The van der Waals surface area contributed by atoms with E-state index in [1.165, 1.54) is 29.5 Å². The maximum absolute atomic E-state index is 14.0. The Morgan fingerprint density at radius 2 is 1.90 bits per heavy atom. The van der Waals surface area contributed by atoms with E-state index in [2.05, 4.69) is 10.3 Å². The summed E-state index contributed by atoms with van der Waals surface area (Å²) >= 11 is 1.43. The van der Waals surface area contributed by atoms with Crippen molar-refractivity contribution >= 4 is 11.3 Å². The second-order valence-electron chi connectivity index (χ2n) is 4.89. The van der Waals surface area contributed by atoms with Crippen molar-refractivity contribution in [2.45, 2.75) is 32.7 Å². The standard InChI is InChI=1S/C15H18F2N2S/c1-4-18-14(13-10(16)6-5-7-11(13)17)15-19-12(8-20-15)9(2)3/h5-9,14,18H,4H2,1-3H3. The summed E-state index contributed by atoms with van der Waals surface area (Å²) in [6.45, 7) is 6.60. The molecular weight excluding hydrogens is 278 g/mol. The van der Waals surface area contributed by atoms with Gasteiger partial charge in [0.25, 0.3) is 0 Å². The second-order valence-corrected chi connectivity index (χ2v) is 5.78. The summed E-state index contributed by atoms with van der Waals surface area (Å²) in [4.78, 5) is 4.51. The highest BCUT2D eigenvalue weighted by Crippen LogP contribution is 2.30. The van der Waals surface area contributed by atoms with Gasteiger partial charge in [-0.15, -0.1) is 11.3 Å². The van der Waals surface area contributed by atoms with Crippen LogP contribution >= 0.6 is 11.3 Å². The molecule has 0 spiro atoms. The van der Waals surface area contributed by atoms with E-state index in [-0.39, 0.29) is 5.56 Å². The van der Waals surface area contributed by atoms with Crippen LogP contribution in [0.25, 0.3) is 0 Å². The largest absolute Gasteiger partial charge is 0.304 e. The van der Waals surface area contributed by atoms with Crippen LogP contribution < -0.4 is 5.32 Å². The summed E-state index contributed by atoms with van der Waals surface area (Å²) < 4.78 is 27.9. The quantitative estimate of drug-likeness (QED) is 0.892. The number of aromatic nitrogens is 1. The van der Waals surface area contributed by atoms with Crippen LogP contribution in [0, 0.1) is 11.6 Å². The molecule has 5 heteroatoms. The summed E-state index contributed by atoms with van der Waals surface area (Å²) in [5.41, 5.74) is 0.989. The third kappa shape index (κ3) is 3.04. The third-order valence-electron chi connectivity index (χ3n) is 3.07. The molecule has 2 nitrogen and oxygen atoms in total. The number of benzene rings is 1. The van der Waals surface area contributed by atoms with Crippen LogP contribution in [0.15, 0.2) is 23.6 Å². The number of hydrogen-bond donors (Lipinski definition) is 1. The average molecular weight is 296 g/mol. The molecule has 0 bridgehead atoms. The van der Waals surface area contributed by atoms with Gasteiger partial charge in [0.15, 0.2) is 0 Å². The minimum absolute atomic E-state index is 0.0407. The monoisotopic (exact) mass is 296 g/mol. The van der Waals surface area contributed by atoms with E-state index in [9.17, 15) is 8.78 Å². The molecule has 2 rings (SSSR count). The van der Waals surface area contributed by atoms with Gasteiger partial charge in [-0.1, -0.05) is 26.8 Å². The lowest BCUT2D eigenvalue weighted by atomic mass is 10.1. The van der Waals surface area contributed by atoms with Crippen LogP contribution in [-0.4, -0.2) is 11.5 Å². The van der Waals surface area contributed by atoms with Crippen molar-refractivity contribution in [3.8, 4) is 0 Å². The fraction of sp³-hybridized carbons (Fsp3) is 0.400. The van der Waals surface area contributed by atoms with E-state index < -0.39 is 17.7 Å². The molecule has 1 unspecified atom stereocenters. The van der Waals surface area contributed by atoms with Crippen LogP contribution in [0.1, 0.15) is 49.0 Å². The van der Waals surface area contributed by atoms with Gasteiger partial charge in [0, 0.05) is 10.9 Å². The molecule has 108 valence electrons. The Kier molecular flexibility index (Phi) is 4.83. The Morgan fingerprint density at radius 3 is 2.40 bits per heavy atom. The number of rotatable bonds is 5. The van der Waals surface area contributed by atoms with Gasteiger partial charge >= 0.3 is 0 Å². The molecule has 2 aromatic rings. The average Bonchev–Trinajstić information content (AvgIpc) is 2.87. The van der Waals surface area contributed by atoms with Crippen molar-refractivity contribution in [2.75, 3.05) is 6.54 Å². The minimum atomic E-state index is -0.544. The molecule has 0 saturated carbocycles. The molecule has 0 aliphatic rings. The lowest BCUT2D eigenvalue weighted by Gasteiger charge is -2.17. The summed E-state index contributed by atoms with van der Waals surface area (Å²) in [6.07, 6.45) is 0. The Morgan fingerprint density at radius 1 is 1.25 bits per heavy atom. The predicted molar refractivity (Wildman–Crippen MR) is 78.1 cm³/mol. The molecule has 1 aromatic carbocycles. The Hall–Kier alpha value is -1.33. The van der Waals surface area contributed by atoms with Crippen molar-refractivity contribution < 1.29 is 8.78 Å². The molecule has 0 amide bonds. The minimum Gasteiger partial charge on any atom is -0.304 e. The zero-order valence-electron chi connectivity index (χ0n) is 11.8. The lowest BCUT2D eigenvalue weighted by molar-refractivity contribution is 0.508. The maximum atomic E-state index is 14.0. The van der Waals surface area contributed by atoms with Crippen molar-refractivity contribution in [3.63, 3.8) is 0 Å². The van der Waals surface area contributed by atoms with E-state index in [4.69, 9.17) is 0 Å². The van der Waals surface area contributed by atoms with Crippen molar-refractivity contribution in [2.24, 2.45) is 0 Å². The SMILES string of the molecule is CCNC(c1nc(C(C)C)cs1)c1c(F)cccc1F. The molecular formula is C15H18F2N2S. The van der Waals surface area contributed by atoms with Gasteiger partial charge in [-0.25, -0.2) is 13.8 Å². The first-order valence-electron chi connectivity index (χ1n) is 6.67. The van der Waals surface area contributed by atoms with Crippen LogP contribution in [0.5, 0.6) is 0 Å². The summed E-state index contributed by atoms with van der Waals surface area (Å²) in [6, 6.07) is 3.39. The summed E-state index contributed by atoms with van der Waals surface area (Å²) in [5.74, 6) is -0.790. The van der Waals surface area contributed by atoms with Crippen molar-refractivity contribution in [3.05, 3.63) is 51.5 Å². The lowest BCUT2D eigenvalue weighted by Crippen LogP contribution is -2.24. The number of thiazole rings is 1. The fourth-order valence-electron chi connectivity index (χ4n) is 2.00. The molecule has 1 N–H and O–H groups in total. The Balaban J connectivity index is 2.45. The predicted octanol–water partition coefficient (Wildman–Crippen LogP) is 4.24. The van der Waals surface area contributed by atoms with Gasteiger partial charge in [0.1, 0.15) is 16.6 Å². The summed E-state index contributed by atoms with van der Waals surface area (Å²) in [5, 5.41) is 5.76. The van der Waals surface area contributed by atoms with Gasteiger partial charge in [-0.2, -0.15) is 0 Å². The first-order valence-corrected chi connectivity index (χ1v) is 7.55. The zero-order valence-corrected chi connectivity index (χ0v) is 12.6. The van der Waals surface area contributed by atoms with Crippen molar-refractivity contribution in [1.29, 1.82) is 0 Å². The van der Waals surface area contributed by atoms with Crippen LogP contribution in [-0.2, 0) is 0 Å². The van der Waals surface area contributed by atoms with Crippen LogP contribution in [0.2, 0.25) is 0 Å². The highest BCUT2D eigenvalue weighted by molar-refractivity contribution is 7.09. The first kappa shape index (κ1) is 15.1. The van der Waals surface area contributed by atoms with E-state index in [1.54, 1.807) is 0 Å². The number of nitrogens with zero attached hydrogens (tertiary/aromatic N) is 1. The second kappa shape index (κ2) is 6.41. The number of halogens is 2. The molecule has 1 aromatic heterocycles. The molecule has 0 aliphatic carbocycles. The smallest absolute Gasteiger partial charge is 0.131 e. The zero-order chi connectivity index (χ0) is 14.7. The Bertz CT molecular complexity index is 561. The first-order chi connectivity index (χ1) is 9.54. The van der Waals surface area contributed by atoms with Gasteiger partial charge in [-0.05, 0) is 24.6 Å². The van der Waals surface area contributed by atoms with E-state index in [1.807, 2.05) is 26.2 Å². The molecule has 1 heterocycles. The molecule has 0 radical (unpaired) electrons. The topological polar surface area (TPSA) is 24.9 Å². The fourth-order valence-corrected chi connectivity index (χ4v) is 3.06. The van der Waals surface area contributed by atoms with Gasteiger partial charge < -0.3 is 5.32 Å². The number of hydrogen-bond acceptors (Lipinski definition) is 3. The van der Waals surface area contributed by atoms with Crippen molar-refractivity contribution in [1.82, 2.24) is 10.3 Å². The van der Waals surface area contributed by atoms with Gasteiger partial charge in [0.2, 0.25) is 0 Å². The normalized spacial score (nSPS) is 12.9. The Labute approximate surface area is 121 Å². The highest BCUT2D eigenvalue weighted by atomic mass is 32.1. The maximum Gasteiger partial charge on any atom is 0.131 e. The van der Waals surface area contributed by atoms with Gasteiger partial charge in [0.05, 0.1) is 11.7 Å². The summed E-state index contributed by atoms with van der Waals surface area (Å²) in [7, 11) is 0. The molecule has 20 heavy (non-hydrogen) atoms. The molecule has 0 saturated heterocycles. The highest BCUT2D eigenvalue weighted by Gasteiger charge is 2.24. The van der Waals surface area contributed by atoms with E-state index in [0.717, 1.165) is 5.69 Å². The molecule has 0 aliphatic heterocycles. The number of nitrogens with one attached hydrogen (secondary N) is 1. The molecule has 0 fully saturated rings.